The Hall–Kier alpha value is -1.81. The van der Waals surface area contributed by atoms with Crippen LogP contribution in [0.2, 0.25) is 0 Å². The summed E-state index contributed by atoms with van der Waals surface area (Å²) in [5.41, 5.74) is 2.20. The van der Waals surface area contributed by atoms with Gasteiger partial charge in [-0.3, -0.25) is 0 Å². The van der Waals surface area contributed by atoms with Gasteiger partial charge in [-0.15, -0.1) is 0 Å². The average molecular weight is 333 g/mol. The molecule has 2 aromatic rings. The van der Waals surface area contributed by atoms with Crippen LogP contribution in [0.4, 0.5) is 0 Å². The molecule has 0 aliphatic heterocycles. The molecule has 0 aromatic heterocycles. The lowest BCUT2D eigenvalue weighted by Crippen LogP contribution is -2.01. The third-order valence-electron chi connectivity index (χ3n) is 2.64. The number of hydrazone groups is 1. The van der Waals surface area contributed by atoms with Gasteiger partial charge in [-0.25, -0.2) is 0 Å². The van der Waals surface area contributed by atoms with Crippen LogP contribution in [0.1, 0.15) is 11.1 Å². The molecule has 2 aromatic carbocycles. The average Bonchev–Trinajstić information content (AvgIpc) is 2.45. The molecular weight excluding hydrogens is 316 g/mol. The van der Waals surface area contributed by atoms with Gasteiger partial charge in [-0.05, 0) is 47.5 Å². The number of ether oxygens (including phenoxy) is 1. The molecule has 0 amide bonds. The maximum atomic E-state index is 5.74. The summed E-state index contributed by atoms with van der Waals surface area (Å²) in [4.78, 5) is 0. The molecule has 0 saturated carbocycles. The highest BCUT2D eigenvalue weighted by atomic mass is 79.9. The first-order valence-electron chi connectivity index (χ1n) is 6.32. The molecule has 0 aliphatic carbocycles. The van der Waals surface area contributed by atoms with Crippen LogP contribution in [0, 0.1) is 0 Å². The summed E-state index contributed by atoms with van der Waals surface area (Å²) < 4.78 is 6.82. The minimum absolute atomic E-state index is 0.568. The Bertz CT molecular complexity index is 562. The van der Waals surface area contributed by atoms with E-state index in [2.05, 4.69) is 21.0 Å². The van der Waals surface area contributed by atoms with Gasteiger partial charge in [0.05, 0.1) is 6.21 Å². The van der Waals surface area contributed by atoms with E-state index in [1.54, 1.807) is 5.01 Å². The number of halogens is 1. The van der Waals surface area contributed by atoms with Crippen LogP contribution in [0.5, 0.6) is 5.75 Å². The van der Waals surface area contributed by atoms with Gasteiger partial charge in [0, 0.05) is 18.6 Å². The van der Waals surface area contributed by atoms with E-state index in [0.29, 0.717) is 6.61 Å². The van der Waals surface area contributed by atoms with Crippen molar-refractivity contribution < 1.29 is 4.74 Å². The second-order valence-corrected chi connectivity index (χ2v) is 5.49. The van der Waals surface area contributed by atoms with E-state index >= 15 is 0 Å². The second-order valence-electron chi connectivity index (χ2n) is 4.58. The third-order valence-corrected chi connectivity index (χ3v) is 3.17. The fraction of sp³-hybridized carbons (Fsp3) is 0.188. The van der Waals surface area contributed by atoms with Crippen LogP contribution < -0.4 is 4.74 Å². The van der Waals surface area contributed by atoms with Crippen molar-refractivity contribution in [3.05, 3.63) is 64.1 Å². The lowest BCUT2D eigenvalue weighted by atomic mass is 10.2. The summed E-state index contributed by atoms with van der Waals surface area (Å²) >= 11 is 3.42. The van der Waals surface area contributed by atoms with Crippen molar-refractivity contribution in [3.63, 3.8) is 0 Å². The van der Waals surface area contributed by atoms with E-state index in [1.807, 2.05) is 68.8 Å². The molecule has 0 heterocycles. The molecule has 3 nitrogen and oxygen atoms in total. The first-order chi connectivity index (χ1) is 9.63. The SMILES string of the molecule is CN(C)N=Cc1ccc(OCc2ccc(Br)cc2)cc1. The Morgan fingerprint density at radius 3 is 2.30 bits per heavy atom. The molecule has 2 rings (SSSR count). The van der Waals surface area contributed by atoms with Crippen molar-refractivity contribution in [1.29, 1.82) is 0 Å². The van der Waals surface area contributed by atoms with Crippen LogP contribution in [0.3, 0.4) is 0 Å². The molecule has 104 valence electrons. The van der Waals surface area contributed by atoms with E-state index in [9.17, 15) is 0 Å². The molecule has 0 saturated heterocycles. The summed E-state index contributed by atoms with van der Waals surface area (Å²) in [6, 6.07) is 16.0. The lowest BCUT2D eigenvalue weighted by Gasteiger charge is -2.07. The van der Waals surface area contributed by atoms with Gasteiger partial charge in [0.1, 0.15) is 12.4 Å². The Morgan fingerprint density at radius 2 is 1.70 bits per heavy atom. The topological polar surface area (TPSA) is 24.8 Å². The van der Waals surface area contributed by atoms with E-state index < -0.39 is 0 Å². The van der Waals surface area contributed by atoms with Crippen LogP contribution in [-0.4, -0.2) is 25.3 Å². The number of hydrogen-bond donors (Lipinski definition) is 0. The predicted octanol–water partition coefficient (Wildman–Crippen LogP) is 3.92. The normalized spacial score (nSPS) is 10.8. The van der Waals surface area contributed by atoms with E-state index in [4.69, 9.17) is 4.74 Å². The number of benzene rings is 2. The minimum Gasteiger partial charge on any atom is -0.489 e. The van der Waals surface area contributed by atoms with Crippen molar-refractivity contribution >= 4 is 22.1 Å². The monoisotopic (exact) mass is 332 g/mol. The van der Waals surface area contributed by atoms with Crippen molar-refractivity contribution in [3.8, 4) is 5.75 Å². The first kappa shape index (κ1) is 14.6. The number of hydrogen-bond acceptors (Lipinski definition) is 3. The molecule has 4 heteroatoms. The fourth-order valence-electron chi connectivity index (χ4n) is 1.58. The van der Waals surface area contributed by atoms with E-state index in [0.717, 1.165) is 21.3 Å². The standard InChI is InChI=1S/C16H17BrN2O/c1-19(2)18-11-13-5-9-16(10-6-13)20-12-14-3-7-15(17)8-4-14/h3-11H,12H2,1-2H3. The van der Waals surface area contributed by atoms with Gasteiger partial charge in [-0.1, -0.05) is 28.1 Å². The molecule has 0 bridgehead atoms. The summed E-state index contributed by atoms with van der Waals surface area (Å²) in [6.45, 7) is 0.568. The molecule has 0 fully saturated rings. The van der Waals surface area contributed by atoms with Gasteiger partial charge < -0.3 is 9.75 Å². The summed E-state index contributed by atoms with van der Waals surface area (Å²) in [5.74, 6) is 0.856. The Kier molecular flexibility index (Phi) is 5.18. The Labute approximate surface area is 128 Å². The fourth-order valence-corrected chi connectivity index (χ4v) is 1.84. The van der Waals surface area contributed by atoms with Gasteiger partial charge in [0.25, 0.3) is 0 Å². The highest BCUT2D eigenvalue weighted by molar-refractivity contribution is 9.10. The molecule has 20 heavy (non-hydrogen) atoms. The maximum absolute atomic E-state index is 5.74. The van der Waals surface area contributed by atoms with Crippen LogP contribution in [-0.2, 0) is 6.61 Å². The van der Waals surface area contributed by atoms with Gasteiger partial charge in [0.15, 0.2) is 0 Å². The summed E-state index contributed by atoms with van der Waals surface area (Å²) in [6.07, 6.45) is 1.82. The molecule has 0 radical (unpaired) electrons. The molecule has 0 N–H and O–H groups in total. The zero-order valence-electron chi connectivity index (χ0n) is 11.6. The van der Waals surface area contributed by atoms with Gasteiger partial charge >= 0.3 is 0 Å². The van der Waals surface area contributed by atoms with Crippen molar-refractivity contribution in [2.45, 2.75) is 6.61 Å². The maximum Gasteiger partial charge on any atom is 0.119 e. The van der Waals surface area contributed by atoms with Gasteiger partial charge in [-0.2, -0.15) is 5.10 Å². The van der Waals surface area contributed by atoms with Crippen molar-refractivity contribution in [2.75, 3.05) is 14.1 Å². The lowest BCUT2D eigenvalue weighted by molar-refractivity contribution is 0.306. The molecule has 0 aliphatic rings. The molecular formula is C16H17BrN2O. The molecule has 0 unspecified atom stereocenters. The van der Waals surface area contributed by atoms with Crippen molar-refractivity contribution in [2.24, 2.45) is 5.10 Å². The highest BCUT2D eigenvalue weighted by Gasteiger charge is 1.97. The molecule has 0 spiro atoms. The van der Waals surface area contributed by atoms with E-state index in [-0.39, 0.29) is 0 Å². The van der Waals surface area contributed by atoms with Gasteiger partial charge in [0.2, 0.25) is 0 Å². The zero-order chi connectivity index (χ0) is 14.4. The summed E-state index contributed by atoms with van der Waals surface area (Å²) in [5, 5.41) is 5.95. The minimum atomic E-state index is 0.568. The second kappa shape index (κ2) is 7.10. The molecule has 0 atom stereocenters. The Morgan fingerprint density at radius 1 is 1.05 bits per heavy atom. The van der Waals surface area contributed by atoms with Crippen LogP contribution in [0.25, 0.3) is 0 Å². The highest BCUT2D eigenvalue weighted by Crippen LogP contribution is 2.15. The summed E-state index contributed by atoms with van der Waals surface area (Å²) in [7, 11) is 3.79. The smallest absolute Gasteiger partial charge is 0.119 e. The van der Waals surface area contributed by atoms with Crippen LogP contribution in [0.15, 0.2) is 58.1 Å². The largest absolute Gasteiger partial charge is 0.489 e. The first-order valence-corrected chi connectivity index (χ1v) is 7.11. The van der Waals surface area contributed by atoms with Crippen molar-refractivity contribution in [1.82, 2.24) is 5.01 Å². The number of rotatable bonds is 5. The number of nitrogens with zero attached hydrogens (tertiary/aromatic N) is 2. The predicted molar refractivity (Wildman–Crippen MR) is 86.2 cm³/mol. The van der Waals surface area contributed by atoms with Crippen LogP contribution >= 0.6 is 15.9 Å². The quantitative estimate of drug-likeness (QED) is 0.612. The Balaban J connectivity index is 1.92. The zero-order valence-corrected chi connectivity index (χ0v) is 13.2. The third kappa shape index (κ3) is 4.70. The van der Waals surface area contributed by atoms with E-state index in [1.165, 1.54) is 0 Å².